The van der Waals surface area contributed by atoms with Crippen molar-refractivity contribution >= 4 is 40.7 Å². The number of carbonyl (C=O) groups excluding carboxylic acids is 3. The Bertz CT molecular complexity index is 904. The SMILES string of the molecule is C[C@H](NC(=O)COc1ccccc1)C(=O)Nc1ccc(N2CCCC2=O)c(Cl)c1. The maximum Gasteiger partial charge on any atom is 0.258 e. The molecule has 0 radical (unpaired) electrons. The number of halogens is 1. The maximum absolute atomic E-state index is 12.4. The zero-order valence-corrected chi connectivity index (χ0v) is 16.7. The van der Waals surface area contributed by atoms with Crippen LogP contribution in [0.4, 0.5) is 11.4 Å². The Hall–Kier alpha value is -3.06. The summed E-state index contributed by atoms with van der Waals surface area (Å²) in [5, 5.41) is 5.67. The van der Waals surface area contributed by atoms with E-state index in [0.717, 1.165) is 6.42 Å². The molecule has 29 heavy (non-hydrogen) atoms. The van der Waals surface area contributed by atoms with E-state index >= 15 is 0 Å². The quantitative estimate of drug-likeness (QED) is 0.727. The van der Waals surface area contributed by atoms with Gasteiger partial charge in [-0.3, -0.25) is 14.4 Å². The van der Waals surface area contributed by atoms with Gasteiger partial charge in [-0.1, -0.05) is 29.8 Å². The van der Waals surface area contributed by atoms with Crippen LogP contribution in [0.1, 0.15) is 19.8 Å². The van der Waals surface area contributed by atoms with Crippen LogP contribution in [0.25, 0.3) is 0 Å². The van der Waals surface area contributed by atoms with Crippen molar-refractivity contribution in [2.24, 2.45) is 0 Å². The first-order valence-corrected chi connectivity index (χ1v) is 9.70. The number of anilines is 2. The molecule has 0 bridgehead atoms. The highest BCUT2D eigenvalue weighted by Gasteiger charge is 2.24. The van der Waals surface area contributed by atoms with E-state index in [2.05, 4.69) is 10.6 Å². The molecule has 8 heteroatoms. The van der Waals surface area contributed by atoms with Gasteiger partial charge in [-0.05, 0) is 43.7 Å². The summed E-state index contributed by atoms with van der Waals surface area (Å²) in [4.78, 5) is 37.9. The Balaban J connectivity index is 1.51. The lowest BCUT2D eigenvalue weighted by Gasteiger charge is -2.19. The molecular formula is C21H22ClN3O4. The van der Waals surface area contributed by atoms with E-state index in [9.17, 15) is 14.4 Å². The Morgan fingerprint density at radius 1 is 1.21 bits per heavy atom. The number of amides is 3. The lowest BCUT2D eigenvalue weighted by molar-refractivity contribution is -0.127. The van der Waals surface area contributed by atoms with Crippen LogP contribution in [0.5, 0.6) is 5.75 Å². The first-order valence-electron chi connectivity index (χ1n) is 9.32. The first-order chi connectivity index (χ1) is 13.9. The molecule has 2 aromatic carbocycles. The van der Waals surface area contributed by atoms with Crippen LogP contribution in [0.3, 0.4) is 0 Å². The molecule has 0 aliphatic carbocycles. The Morgan fingerprint density at radius 3 is 2.62 bits per heavy atom. The van der Waals surface area contributed by atoms with E-state index < -0.39 is 11.9 Å². The summed E-state index contributed by atoms with van der Waals surface area (Å²) in [6.45, 7) is 2.03. The highest BCUT2D eigenvalue weighted by molar-refractivity contribution is 6.34. The van der Waals surface area contributed by atoms with Gasteiger partial charge in [-0.25, -0.2) is 0 Å². The molecule has 3 rings (SSSR count). The van der Waals surface area contributed by atoms with E-state index in [1.54, 1.807) is 54.3 Å². The lowest BCUT2D eigenvalue weighted by Crippen LogP contribution is -2.43. The summed E-state index contributed by atoms with van der Waals surface area (Å²) in [6.07, 6.45) is 1.32. The third-order valence-electron chi connectivity index (χ3n) is 4.46. The molecule has 0 saturated carbocycles. The van der Waals surface area contributed by atoms with E-state index in [4.69, 9.17) is 16.3 Å². The molecule has 1 heterocycles. The molecule has 152 valence electrons. The van der Waals surface area contributed by atoms with Gasteiger partial charge < -0.3 is 20.3 Å². The number of hydrogen-bond acceptors (Lipinski definition) is 4. The minimum atomic E-state index is -0.763. The summed E-state index contributed by atoms with van der Waals surface area (Å²) in [6, 6.07) is 13.2. The zero-order chi connectivity index (χ0) is 20.8. The van der Waals surface area contributed by atoms with Crippen LogP contribution in [0, 0.1) is 0 Å². The lowest BCUT2D eigenvalue weighted by atomic mass is 10.2. The number of para-hydroxylation sites is 1. The van der Waals surface area contributed by atoms with E-state index in [1.165, 1.54) is 0 Å². The molecule has 0 unspecified atom stereocenters. The van der Waals surface area contributed by atoms with Crippen LogP contribution >= 0.6 is 11.6 Å². The van der Waals surface area contributed by atoms with Crippen molar-refractivity contribution in [2.75, 3.05) is 23.4 Å². The second-order valence-corrected chi connectivity index (χ2v) is 7.10. The number of hydrogen-bond donors (Lipinski definition) is 2. The largest absolute Gasteiger partial charge is 0.484 e. The van der Waals surface area contributed by atoms with Crippen LogP contribution in [-0.4, -0.2) is 36.9 Å². The summed E-state index contributed by atoms with van der Waals surface area (Å²) < 4.78 is 5.36. The van der Waals surface area contributed by atoms with Gasteiger partial charge in [0.15, 0.2) is 6.61 Å². The average Bonchev–Trinajstić information content (AvgIpc) is 3.13. The second kappa shape index (κ2) is 9.43. The van der Waals surface area contributed by atoms with Crippen molar-refractivity contribution in [2.45, 2.75) is 25.8 Å². The summed E-state index contributed by atoms with van der Waals surface area (Å²) >= 11 is 6.29. The van der Waals surface area contributed by atoms with Crippen LogP contribution in [0.15, 0.2) is 48.5 Å². The highest BCUT2D eigenvalue weighted by Crippen LogP contribution is 2.31. The number of ether oxygens (including phenoxy) is 1. The molecule has 2 aromatic rings. The van der Waals surface area contributed by atoms with Gasteiger partial charge in [-0.15, -0.1) is 0 Å². The molecule has 0 spiro atoms. The van der Waals surface area contributed by atoms with Gasteiger partial charge in [0.2, 0.25) is 11.8 Å². The van der Waals surface area contributed by atoms with Gasteiger partial charge in [0, 0.05) is 18.7 Å². The first kappa shape index (κ1) is 20.7. The molecule has 7 nitrogen and oxygen atoms in total. The molecule has 1 aliphatic rings. The highest BCUT2D eigenvalue weighted by atomic mass is 35.5. The zero-order valence-electron chi connectivity index (χ0n) is 16.0. The third-order valence-corrected chi connectivity index (χ3v) is 4.77. The van der Waals surface area contributed by atoms with Gasteiger partial charge >= 0.3 is 0 Å². The number of carbonyl (C=O) groups is 3. The van der Waals surface area contributed by atoms with Gasteiger partial charge in [-0.2, -0.15) is 0 Å². The fourth-order valence-corrected chi connectivity index (χ4v) is 3.25. The van der Waals surface area contributed by atoms with Crippen molar-refractivity contribution in [3.63, 3.8) is 0 Å². The summed E-state index contributed by atoms with van der Waals surface area (Å²) in [5.41, 5.74) is 1.11. The fraction of sp³-hybridized carbons (Fsp3) is 0.286. The molecular weight excluding hydrogens is 394 g/mol. The number of rotatable bonds is 7. The summed E-state index contributed by atoms with van der Waals surface area (Å²) in [5.74, 6) is -0.180. The Morgan fingerprint density at radius 2 is 1.97 bits per heavy atom. The normalized spacial score (nSPS) is 14.4. The van der Waals surface area contributed by atoms with Gasteiger partial charge in [0.05, 0.1) is 10.7 Å². The van der Waals surface area contributed by atoms with Crippen molar-refractivity contribution < 1.29 is 19.1 Å². The monoisotopic (exact) mass is 415 g/mol. The van der Waals surface area contributed by atoms with E-state index in [-0.39, 0.29) is 18.4 Å². The number of nitrogens with one attached hydrogen (secondary N) is 2. The smallest absolute Gasteiger partial charge is 0.258 e. The van der Waals surface area contributed by atoms with Crippen LogP contribution in [-0.2, 0) is 14.4 Å². The number of benzene rings is 2. The van der Waals surface area contributed by atoms with Crippen LogP contribution < -0.4 is 20.3 Å². The Kier molecular flexibility index (Phi) is 6.72. The van der Waals surface area contributed by atoms with Crippen molar-refractivity contribution in [3.8, 4) is 5.75 Å². The van der Waals surface area contributed by atoms with E-state index in [0.29, 0.717) is 35.1 Å². The van der Waals surface area contributed by atoms with Crippen molar-refractivity contribution in [1.82, 2.24) is 5.32 Å². The second-order valence-electron chi connectivity index (χ2n) is 6.70. The molecule has 3 amide bonds. The molecule has 0 aromatic heterocycles. The molecule has 1 atom stereocenters. The fourth-order valence-electron chi connectivity index (χ4n) is 2.97. The molecule has 1 fully saturated rings. The van der Waals surface area contributed by atoms with Crippen LogP contribution in [0.2, 0.25) is 5.02 Å². The third kappa shape index (κ3) is 5.48. The topological polar surface area (TPSA) is 87.7 Å². The minimum Gasteiger partial charge on any atom is -0.484 e. The Labute approximate surface area is 174 Å². The average molecular weight is 416 g/mol. The minimum absolute atomic E-state index is 0.0396. The molecule has 1 aliphatic heterocycles. The van der Waals surface area contributed by atoms with Crippen molar-refractivity contribution in [1.29, 1.82) is 0 Å². The van der Waals surface area contributed by atoms with Gasteiger partial charge in [0.1, 0.15) is 11.8 Å². The number of nitrogens with zero attached hydrogens (tertiary/aromatic N) is 1. The maximum atomic E-state index is 12.4. The van der Waals surface area contributed by atoms with Crippen molar-refractivity contribution in [3.05, 3.63) is 53.6 Å². The standard InChI is InChI=1S/C21H22ClN3O4/c1-14(23-19(26)13-29-16-6-3-2-4-7-16)21(28)24-15-9-10-18(17(22)12-15)25-11-5-8-20(25)27/h2-4,6-7,9-10,12,14H,5,8,11,13H2,1H3,(H,23,26)(H,24,28)/t14-/m0/s1. The predicted molar refractivity (Wildman–Crippen MR) is 111 cm³/mol. The molecule has 2 N–H and O–H groups in total. The summed E-state index contributed by atoms with van der Waals surface area (Å²) in [7, 11) is 0. The van der Waals surface area contributed by atoms with Gasteiger partial charge in [0.25, 0.3) is 5.91 Å². The van der Waals surface area contributed by atoms with E-state index in [1.807, 2.05) is 6.07 Å². The predicted octanol–water partition coefficient (Wildman–Crippen LogP) is 2.99. The molecule has 1 saturated heterocycles.